The number of carbonyl (C=O) groups excluding carboxylic acids is 1. The van der Waals surface area contributed by atoms with Gasteiger partial charge in [-0.05, 0) is 49.9 Å². The van der Waals surface area contributed by atoms with Gasteiger partial charge in [-0.1, -0.05) is 11.6 Å². The van der Waals surface area contributed by atoms with E-state index in [-0.39, 0.29) is 5.92 Å². The van der Waals surface area contributed by atoms with Gasteiger partial charge in [0.25, 0.3) is 0 Å². The van der Waals surface area contributed by atoms with Gasteiger partial charge in [-0.25, -0.2) is 0 Å². The van der Waals surface area contributed by atoms with E-state index < -0.39 is 0 Å². The minimum atomic E-state index is 0.225. The molecule has 0 bridgehead atoms. The van der Waals surface area contributed by atoms with E-state index in [2.05, 4.69) is 0 Å². The molecule has 1 aliphatic carbocycles. The van der Waals surface area contributed by atoms with Crippen molar-refractivity contribution >= 4 is 17.4 Å². The summed E-state index contributed by atoms with van der Waals surface area (Å²) in [6, 6.07) is 5.64. The van der Waals surface area contributed by atoms with E-state index in [1.165, 1.54) is 0 Å². The predicted molar refractivity (Wildman–Crippen MR) is 68.6 cm³/mol. The molecular weight excluding hydrogens is 236 g/mol. The van der Waals surface area contributed by atoms with E-state index in [1.54, 1.807) is 0 Å². The maximum Gasteiger partial charge on any atom is 0.136 e. The van der Waals surface area contributed by atoms with Crippen LogP contribution in [-0.2, 0) is 4.79 Å². The second-order valence-corrected chi connectivity index (χ2v) is 5.01. The molecule has 0 saturated heterocycles. The van der Waals surface area contributed by atoms with Crippen LogP contribution in [0.25, 0.3) is 0 Å². The van der Waals surface area contributed by atoms with E-state index in [0.29, 0.717) is 12.4 Å². The number of halogens is 1. The standard InChI is InChI=1S/C14H17ClO2/c1-10-9-12(5-6-13(10)15)17-8-7-11-3-2-4-14(11)16/h5-6,9,11H,2-4,7-8H2,1H3. The van der Waals surface area contributed by atoms with Crippen LogP contribution in [-0.4, -0.2) is 12.4 Å². The normalized spacial score (nSPS) is 19.6. The summed E-state index contributed by atoms with van der Waals surface area (Å²) in [6.07, 6.45) is 3.66. The van der Waals surface area contributed by atoms with Gasteiger partial charge < -0.3 is 4.74 Å². The summed E-state index contributed by atoms with van der Waals surface area (Å²) in [7, 11) is 0. The molecule has 2 rings (SSSR count). The molecule has 0 aliphatic heterocycles. The van der Waals surface area contributed by atoms with Crippen molar-refractivity contribution in [3.63, 3.8) is 0 Å². The number of benzene rings is 1. The second-order valence-electron chi connectivity index (χ2n) is 4.60. The van der Waals surface area contributed by atoms with Crippen molar-refractivity contribution in [3.05, 3.63) is 28.8 Å². The van der Waals surface area contributed by atoms with Crippen molar-refractivity contribution in [2.45, 2.75) is 32.6 Å². The number of ether oxygens (including phenoxy) is 1. The third kappa shape index (κ3) is 3.22. The topological polar surface area (TPSA) is 26.3 Å². The van der Waals surface area contributed by atoms with Crippen LogP contribution >= 0.6 is 11.6 Å². The summed E-state index contributed by atoms with van der Waals surface area (Å²) in [5.74, 6) is 1.46. The summed E-state index contributed by atoms with van der Waals surface area (Å²) in [5, 5.41) is 0.753. The Morgan fingerprint density at radius 2 is 2.29 bits per heavy atom. The fraction of sp³-hybridized carbons (Fsp3) is 0.500. The van der Waals surface area contributed by atoms with Gasteiger partial charge in [0.1, 0.15) is 11.5 Å². The maximum atomic E-state index is 11.4. The quantitative estimate of drug-likeness (QED) is 0.815. The number of ketones is 1. The Hall–Kier alpha value is -1.02. The van der Waals surface area contributed by atoms with E-state index in [0.717, 1.165) is 42.0 Å². The Balaban J connectivity index is 1.81. The Kier molecular flexibility index (Phi) is 4.06. The monoisotopic (exact) mass is 252 g/mol. The van der Waals surface area contributed by atoms with Crippen molar-refractivity contribution in [1.82, 2.24) is 0 Å². The molecule has 2 nitrogen and oxygen atoms in total. The van der Waals surface area contributed by atoms with Gasteiger partial charge in [0, 0.05) is 17.4 Å². The SMILES string of the molecule is Cc1cc(OCCC2CCCC2=O)ccc1Cl. The fourth-order valence-electron chi connectivity index (χ4n) is 2.22. The zero-order valence-electron chi connectivity index (χ0n) is 10.0. The lowest BCUT2D eigenvalue weighted by molar-refractivity contribution is -0.121. The van der Waals surface area contributed by atoms with Crippen LogP contribution < -0.4 is 4.74 Å². The first-order valence-electron chi connectivity index (χ1n) is 6.08. The second kappa shape index (κ2) is 5.54. The molecule has 3 heteroatoms. The van der Waals surface area contributed by atoms with E-state index in [4.69, 9.17) is 16.3 Å². The third-order valence-corrected chi connectivity index (χ3v) is 3.72. The van der Waals surface area contributed by atoms with Gasteiger partial charge in [0.05, 0.1) is 6.61 Å². The molecule has 0 amide bonds. The van der Waals surface area contributed by atoms with Crippen LogP contribution in [0.15, 0.2) is 18.2 Å². The Morgan fingerprint density at radius 1 is 1.47 bits per heavy atom. The number of carbonyl (C=O) groups is 1. The number of hydrogen-bond acceptors (Lipinski definition) is 2. The highest BCUT2D eigenvalue weighted by Gasteiger charge is 2.23. The highest BCUT2D eigenvalue weighted by molar-refractivity contribution is 6.31. The van der Waals surface area contributed by atoms with Crippen molar-refractivity contribution in [1.29, 1.82) is 0 Å². The first-order valence-corrected chi connectivity index (χ1v) is 6.46. The maximum absolute atomic E-state index is 11.4. The third-order valence-electron chi connectivity index (χ3n) is 3.30. The number of rotatable bonds is 4. The minimum Gasteiger partial charge on any atom is -0.494 e. The van der Waals surface area contributed by atoms with E-state index >= 15 is 0 Å². The van der Waals surface area contributed by atoms with Crippen molar-refractivity contribution in [3.8, 4) is 5.75 Å². The van der Waals surface area contributed by atoms with Crippen LogP contribution in [0.1, 0.15) is 31.2 Å². The summed E-state index contributed by atoms with van der Waals surface area (Å²) in [4.78, 5) is 11.4. The molecular formula is C14H17ClO2. The Labute approximate surface area is 107 Å². The van der Waals surface area contributed by atoms with E-state index in [1.807, 2.05) is 25.1 Å². The largest absolute Gasteiger partial charge is 0.494 e. The lowest BCUT2D eigenvalue weighted by atomic mass is 10.0. The minimum absolute atomic E-state index is 0.225. The molecule has 1 saturated carbocycles. The Morgan fingerprint density at radius 3 is 2.94 bits per heavy atom. The lowest BCUT2D eigenvalue weighted by Gasteiger charge is -2.10. The van der Waals surface area contributed by atoms with Crippen LogP contribution in [0, 0.1) is 12.8 Å². The zero-order chi connectivity index (χ0) is 12.3. The molecule has 1 atom stereocenters. The van der Waals surface area contributed by atoms with Gasteiger partial charge in [-0.15, -0.1) is 0 Å². The first-order chi connectivity index (χ1) is 8.16. The van der Waals surface area contributed by atoms with Crippen LogP contribution in [0.2, 0.25) is 5.02 Å². The molecule has 0 aromatic heterocycles. The molecule has 92 valence electrons. The smallest absolute Gasteiger partial charge is 0.136 e. The summed E-state index contributed by atoms with van der Waals surface area (Å²) >= 11 is 5.94. The number of hydrogen-bond donors (Lipinski definition) is 0. The highest BCUT2D eigenvalue weighted by atomic mass is 35.5. The molecule has 0 heterocycles. The molecule has 1 aliphatic rings. The molecule has 17 heavy (non-hydrogen) atoms. The summed E-state index contributed by atoms with van der Waals surface area (Å²) in [6.45, 7) is 2.56. The molecule has 1 fully saturated rings. The number of Topliss-reactive ketones (excluding diaryl/α,β-unsaturated/α-hetero) is 1. The summed E-state index contributed by atoms with van der Waals surface area (Å²) < 4.78 is 5.64. The summed E-state index contributed by atoms with van der Waals surface area (Å²) in [5.41, 5.74) is 1.01. The average molecular weight is 253 g/mol. The zero-order valence-corrected chi connectivity index (χ0v) is 10.8. The fourth-order valence-corrected chi connectivity index (χ4v) is 2.34. The lowest BCUT2D eigenvalue weighted by Crippen LogP contribution is -2.11. The highest BCUT2D eigenvalue weighted by Crippen LogP contribution is 2.25. The van der Waals surface area contributed by atoms with Crippen LogP contribution in [0.3, 0.4) is 0 Å². The Bertz CT molecular complexity index is 415. The average Bonchev–Trinajstić information content (AvgIpc) is 2.70. The molecule has 1 unspecified atom stereocenters. The van der Waals surface area contributed by atoms with Gasteiger partial charge in [-0.3, -0.25) is 4.79 Å². The molecule has 1 aromatic carbocycles. The molecule has 0 spiro atoms. The van der Waals surface area contributed by atoms with Gasteiger partial charge in [-0.2, -0.15) is 0 Å². The van der Waals surface area contributed by atoms with Crippen molar-refractivity contribution in [2.75, 3.05) is 6.61 Å². The van der Waals surface area contributed by atoms with E-state index in [9.17, 15) is 4.79 Å². The molecule has 0 radical (unpaired) electrons. The predicted octanol–water partition coefficient (Wildman–Crippen LogP) is 3.79. The first kappa shape index (κ1) is 12.4. The number of aryl methyl sites for hydroxylation is 1. The molecule has 1 aromatic rings. The van der Waals surface area contributed by atoms with Gasteiger partial charge in [0.15, 0.2) is 0 Å². The van der Waals surface area contributed by atoms with Gasteiger partial charge >= 0.3 is 0 Å². The van der Waals surface area contributed by atoms with Crippen molar-refractivity contribution in [2.24, 2.45) is 5.92 Å². The van der Waals surface area contributed by atoms with Crippen molar-refractivity contribution < 1.29 is 9.53 Å². The van der Waals surface area contributed by atoms with Crippen LogP contribution in [0.5, 0.6) is 5.75 Å². The van der Waals surface area contributed by atoms with Crippen LogP contribution in [0.4, 0.5) is 0 Å². The van der Waals surface area contributed by atoms with Gasteiger partial charge in [0.2, 0.25) is 0 Å². The molecule has 0 N–H and O–H groups in total.